The topological polar surface area (TPSA) is 45.2 Å². The predicted molar refractivity (Wildman–Crippen MR) is 87.6 cm³/mol. The van der Waals surface area contributed by atoms with E-state index in [1.165, 1.54) is 12.1 Å². The molecule has 2 aromatic rings. The van der Waals surface area contributed by atoms with Crippen LogP contribution < -0.4 is 5.32 Å². The summed E-state index contributed by atoms with van der Waals surface area (Å²) in [6.45, 7) is 1.47. The van der Waals surface area contributed by atoms with Gasteiger partial charge in [-0.15, -0.1) is 0 Å². The zero-order valence-corrected chi connectivity index (χ0v) is 12.9. The Bertz CT molecular complexity index is 645. The Labute approximate surface area is 135 Å². The van der Waals surface area contributed by atoms with Crippen molar-refractivity contribution in [2.45, 2.75) is 25.3 Å². The third kappa shape index (κ3) is 4.28. The molecule has 1 fully saturated rings. The molecule has 0 bridgehead atoms. The first kappa shape index (κ1) is 15.5. The second-order valence-corrected chi connectivity index (χ2v) is 5.87. The molecule has 1 N–H and O–H groups in total. The fourth-order valence-corrected chi connectivity index (χ4v) is 2.89. The molecule has 1 atom stereocenters. The molecule has 1 aliphatic heterocycles. The smallest absolute Gasteiger partial charge is 0.227 e. The second-order valence-electron chi connectivity index (χ2n) is 5.87. The molecule has 0 radical (unpaired) electrons. The monoisotopic (exact) mass is 313 g/mol. The molecule has 5 heteroatoms. The first-order valence-electron chi connectivity index (χ1n) is 7.89. The fraction of sp³-hybridized carbons (Fsp3) is 0.333. The zero-order valence-electron chi connectivity index (χ0n) is 12.9. The van der Waals surface area contributed by atoms with E-state index >= 15 is 0 Å². The van der Waals surface area contributed by atoms with Crippen molar-refractivity contribution in [2.75, 3.05) is 18.4 Å². The molecule has 1 aromatic heterocycles. The summed E-state index contributed by atoms with van der Waals surface area (Å²) in [5.74, 6) is -0.115. The van der Waals surface area contributed by atoms with E-state index in [2.05, 4.69) is 10.3 Å². The Hall–Kier alpha value is -2.43. The van der Waals surface area contributed by atoms with Crippen LogP contribution in [0.1, 0.15) is 18.4 Å². The molecular formula is C18H20FN3O. The normalized spacial score (nSPS) is 17.8. The first-order chi connectivity index (χ1) is 11.2. The highest BCUT2D eigenvalue weighted by atomic mass is 19.1. The van der Waals surface area contributed by atoms with E-state index in [1.807, 2.05) is 17.0 Å². The van der Waals surface area contributed by atoms with Crippen molar-refractivity contribution in [2.24, 2.45) is 0 Å². The van der Waals surface area contributed by atoms with Crippen LogP contribution in [0.5, 0.6) is 0 Å². The van der Waals surface area contributed by atoms with E-state index in [1.54, 1.807) is 24.5 Å². The molecule has 23 heavy (non-hydrogen) atoms. The van der Waals surface area contributed by atoms with Gasteiger partial charge in [0.05, 0.1) is 6.42 Å². The number of halogens is 1. The Kier molecular flexibility index (Phi) is 4.86. The molecule has 1 saturated heterocycles. The van der Waals surface area contributed by atoms with Crippen LogP contribution in [-0.4, -0.2) is 34.9 Å². The Balaban J connectivity index is 1.57. The third-order valence-corrected chi connectivity index (χ3v) is 4.07. The Morgan fingerprint density at radius 2 is 2.13 bits per heavy atom. The summed E-state index contributed by atoms with van der Waals surface area (Å²) in [7, 11) is 0. The number of pyridine rings is 1. The highest BCUT2D eigenvalue weighted by Gasteiger charge is 2.23. The highest BCUT2D eigenvalue weighted by Crippen LogP contribution is 2.17. The van der Waals surface area contributed by atoms with E-state index in [4.69, 9.17) is 0 Å². The van der Waals surface area contributed by atoms with E-state index in [0.717, 1.165) is 30.6 Å². The molecule has 0 saturated carbocycles. The van der Waals surface area contributed by atoms with Gasteiger partial charge >= 0.3 is 0 Å². The minimum absolute atomic E-state index is 0.128. The lowest BCUT2D eigenvalue weighted by Crippen LogP contribution is -2.45. The van der Waals surface area contributed by atoms with Gasteiger partial charge in [0, 0.05) is 37.2 Å². The SMILES string of the molecule is O=C(Cc1cccnc1)N1CCC[C@H](Nc2ccc(F)cc2)C1. The number of amides is 1. The number of benzene rings is 1. The zero-order chi connectivity index (χ0) is 16.1. The van der Waals surface area contributed by atoms with Crippen LogP contribution in [0, 0.1) is 5.82 Å². The summed E-state index contributed by atoms with van der Waals surface area (Å²) in [5.41, 5.74) is 1.82. The third-order valence-electron chi connectivity index (χ3n) is 4.07. The lowest BCUT2D eigenvalue weighted by molar-refractivity contribution is -0.131. The summed E-state index contributed by atoms with van der Waals surface area (Å²) in [5, 5.41) is 3.38. The van der Waals surface area contributed by atoms with Gasteiger partial charge in [0.25, 0.3) is 0 Å². The molecule has 4 nitrogen and oxygen atoms in total. The van der Waals surface area contributed by atoms with Gasteiger partial charge < -0.3 is 10.2 Å². The van der Waals surface area contributed by atoms with Crippen molar-refractivity contribution in [3.05, 3.63) is 60.2 Å². The number of likely N-dealkylation sites (tertiary alicyclic amines) is 1. The van der Waals surface area contributed by atoms with Crippen molar-refractivity contribution in [3.8, 4) is 0 Å². The van der Waals surface area contributed by atoms with Gasteiger partial charge in [-0.25, -0.2) is 4.39 Å². The summed E-state index contributed by atoms with van der Waals surface area (Å²) in [4.78, 5) is 18.4. The van der Waals surface area contributed by atoms with Crippen molar-refractivity contribution >= 4 is 11.6 Å². The van der Waals surface area contributed by atoms with Gasteiger partial charge in [-0.1, -0.05) is 6.07 Å². The van der Waals surface area contributed by atoms with E-state index in [-0.39, 0.29) is 17.8 Å². The summed E-state index contributed by atoms with van der Waals surface area (Å²) in [6.07, 6.45) is 5.80. The summed E-state index contributed by atoms with van der Waals surface area (Å²) < 4.78 is 13.0. The van der Waals surface area contributed by atoms with Crippen molar-refractivity contribution in [3.63, 3.8) is 0 Å². The maximum absolute atomic E-state index is 13.0. The fourth-order valence-electron chi connectivity index (χ4n) is 2.89. The maximum atomic E-state index is 13.0. The standard InChI is InChI=1S/C18H20FN3O/c19-15-5-7-16(8-6-15)21-17-4-2-10-22(13-17)18(23)11-14-3-1-9-20-12-14/h1,3,5-9,12,17,21H,2,4,10-11,13H2/t17-/m0/s1. The van der Waals surface area contributed by atoms with E-state index in [9.17, 15) is 9.18 Å². The van der Waals surface area contributed by atoms with E-state index in [0.29, 0.717) is 13.0 Å². The van der Waals surface area contributed by atoms with E-state index < -0.39 is 0 Å². The Morgan fingerprint density at radius 1 is 1.30 bits per heavy atom. The molecule has 1 aromatic carbocycles. The van der Waals surface area contributed by atoms with Gasteiger partial charge in [0.15, 0.2) is 0 Å². The van der Waals surface area contributed by atoms with Gasteiger partial charge in [-0.2, -0.15) is 0 Å². The highest BCUT2D eigenvalue weighted by molar-refractivity contribution is 5.78. The minimum Gasteiger partial charge on any atom is -0.381 e. The Morgan fingerprint density at radius 3 is 2.87 bits per heavy atom. The minimum atomic E-state index is -0.243. The largest absolute Gasteiger partial charge is 0.381 e. The molecule has 0 spiro atoms. The molecule has 3 rings (SSSR count). The number of nitrogens with one attached hydrogen (secondary N) is 1. The first-order valence-corrected chi connectivity index (χ1v) is 7.89. The maximum Gasteiger partial charge on any atom is 0.227 e. The molecule has 1 amide bonds. The molecule has 0 unspecified atom stereocenters. The molecular weight excluding hydrogens is 293 g/mol. The van der Waals surface area contributed by atoms with Crippen LogP contribution >= 0.6 is 0 Å². The quantitative estimate of drug-likeness (QED) is 0.944. The van der Waals surface area contributed by atoms with Crippen LogP contribution in [0.15, 0.2) is 48.8 Å². The van der Waals surface area contributed by atoms with Crippen molar-refractivity contribution in [1.82, 2.24) is 9.88 Å². The van der Waals surface area contributed by atoms with Crippen molar-refractivity contribution in [1.29, 1.82) is 0 Å². The summed E-state index contributed by atoms with van der Waals surface area (Å²) in [6, 6.07) is 10.3. The number of nitrogens with zero attached hydrogens (tertiary/aromatic N) is 2. The second kappa shape index (κ2) is 7.22. The van der Waals surface area contributed by atoms with Crippen LogP contribution in [0.25, 0.3) is 0 Å². The van der Waals surface area contributed by atoms with Crippen LogP contribution in [0.3, 0.4) is 0 Å². The number of hydrogen-bond acceptors (Lipinski definition) is 3. The number of rotatable bonds is 4. The number of piperidine rings is 1. The average molecular weight is 313 g/mol. The van der Waals surface area contributed by atoms with Crippen LogP contribution in [0.4, 0.5) is 10.1 Å². The molecule has 120 valence electrons. The number of anilines is 1. The number of carbonyl (C=O) groups is 1. The predicted octanol–water partition coefficient (Wildman–Crippen LogP) is 2.87. The molecule has 1 aliphatic rings. The lowest BCUT2D eigenvalue weighted by Gasteiger charge is -2.33. The van der Waals surface area contributed by atoms with Crippen LogP contribution in [0.2, 0.25) is 0 Å². The van der Waals surface area contributed by atoms with Gasteiger partial charge in [0.1, 0.15) is 5.82 Å². The number of aromatic nitrogens is 1. The number of hydrogen-bond donors (Lipinski definition) is 1. The lowest BCUT2D eigenvalue weighted by atomic mass is 10.0. The van der Waals surface area contributed by atoms with Gasteiger partial charge in [-0.3, -0.25) is 9.78 Å². The number of carbonyl (C=O) groups excluding carboxylic acids is 1. The average Bonchev–Trinajstić information content (AvgIpc) is 2.58. The van der Waals surface area contributed by atoms with Gasteiger partial charge in [0.2, 0.25) is 5.91 Å². The molecule has 0 aliphatic carbocycles. The van der Waals surface area contributed by atoms with Crippen LogP contribution in [-0.2, 0) is 11.2 Å². The summed E-state index contributed by atoms with van der Waals surface area (Å²) >= 11 is 0. The van der Waals surface area contributed by atoms with Crippen molar-refractivity contribution < 1.29 is 9.18 Å². The molecule has 2 heterocycles. The van der Waals surface area contributed by atoms with Gasteiger partial charge in [-0.05, 0) is 48.7 Å².